The molecule has 0 aliphatic heterocycles. The molecule has 1 aliphatic carbocycles. The van der Waals surface area contributed by atoms with E-state index < -0.39 is 12.1 Å². The average Bonchev–Trinajstić information content (AvgIpc) is 2.41. The first-order valence-corrected chi connectivity index (χ1v) is 5.65. The topological polar surface area (TPSA) is 68.7 Å². The third kappa shape index (κ3) is 2.36. The molecule has 18 heavy (non-hydrogen) atoms. The van der Waals surface area contributed by atoms with Gasteiger partial charge in [0.25, 0.3) is 0 Å². The van der Waals surface area contributed by atoms with Crippen molar-refractivity contribution < 1.29 is 19.4 Å². The van der Waals surface area contributed by atoms with E-state index in [0.29, 0.717) is 17.9 Å². The van der Waals surface area contributed by atoms with Crippen molar-refractivity contribution in [2.45, 2.75) is 18.9 Å². The van der Waals surface area contributed by atoms with E-state index >= 15 is 0 Å². The standard InChI is InChI=1S/C13H15NO4/c1-17-11-5-8-3-4-9(6-12(15)18-2)13(16)10(8)7-14-11/h5-7,13,16H,3-4H2,1-2H3. The molecular formula is C13H15NO4. The lowest BCUT2D eigenvalue weighted by atomic mass is 9.86. The number of pyridine rings is 1. The van der Waals surface area contributed by atoms with Crippen molar-refractivity contribution in [3.8, 4) is 5.88 Å². The minimum Gasteiger partial charge on any atom is -0.481 e. The van der Waals surface area contributed by atoms with Crippen LogP contribution in [0.5, 0.6) is 5.88 Å². The monoisotopic (exact) mass is 249 g/mol. The van der Waals surface area contributed by atoms with Crippen LogP contribution < -0.4 is 4.74 Å². The zero-order chi connectivity index (χ0) is 13.1. The lowest BCUT2D eigenvalue weighted by Gasteiger charge is -2.24. The first-order valence-electron chi connectivity index (χ1n) is 5.65. The van der Waals surface area contributed by atoms with Gasteiger partial charge in [0.2, 0.25) is 5.88 Å². The third-order valence-corrected chi connectivity index (χ3v) is 3.04. The summed E-state index contributed by atoms with van der Waals surface area (Å²) < 4.78 is 9.61. The predicted octanol–water partition coefficient (Wildman–Crippen LogP) is 1.17. The molecule has 5 nitrogen and oxygen atoms in total. The predicted molar refractivity (Wildman–Crippen MR) is 64.2 cm³/mol. The van der Waals surface area contributed by atoms with Gasteiger partial charge >= 0.3 is 5.97 Å². The number of aliphatic hydroxyl groups is 1. The molecule has 1 aliphatic rings. The van der Waals surface area contributed by atoms with Gasteiger partial charge in [0.1, 0.15) is 6.10 Å². The van der Waals surface area contributed by atoms with E-state index in [1.165, 1.54) is 13.2 Å². The second-order valence-corrected chi connectivity index (χ2v) is 4.07. The molecule has 0 amide bonds. The van der Waals surface area contributed by atoms with Gasteiger partial charge < -0.3 is 14.6 Å². The number of nitrogens with zero attached hydrogens (tertiary/aromatic N) is 1. The number of aliphatic hydroxyl groups excluding tert-OH is 1. The highest BCUT2D eigenvalue weighted by Crippen LogP contribution is 2.34. The number of methoxy groups -OCH3 is 2. The Hall–Kier alpha value is -1.88. The number of fused-ring (bicyclic) bond motifs is 1. The maximum absolute atomic E-state index is 11.2. The van der Waals surface area contributed by atoms with Gasteiger partial charge in [-0.15, -0.1) is 0 Å². The number of rotatable bonds is 2. The summed E-state index contributed by atoms with van der Waals surface area (Å²) in [7, 11) is 2.87. The molecule has 2 rings (SSSR count). The molecule has 1 aromatic heterocycles. The first-order chi connectivity index (χ1) is 8.65. The van der Waals surface area contributed by atoms with E-state index in [-0.39, 0.29) is 0 Å². The molecule has 0 saturated heterocycles. The maximum Gasteiger partial charge on any atom is 0.330 e. The quantitative estimate of drug-likeness (QED) is 0.629. The Balaban J connectivity index is 2.31. The summed E-state index contributed by atoms with van der Waals surface area (Å²) in [6.07, 6.45) is 3.50. The molecule has 1 heterocycles. The highest BCUT2D eigenvalue weighted by Gasteiger charge is 2.24. The van der Waals surface area contributed by atoms with Gasteiger partial charge in [0.05, 0.1) is 14.2 Å². The van der Waals surface area contributed by atoms with E-state index in [2.05, 4.69) is 9.72 Å². The van der Waals surface area contributed by atoms with E-state index in [0.717, 1.165) is 17.5 Å². The van der Waals surface area contributed by atoms with Crippen LogP contribution in [0.3, 0.4) is 0 Å². The van der Waals surface area contributed by atoms with Crippen LogP contribution in [0, 0.1) is 0 Å². The summed E-state index contributed by atoms with van der Waals surface area (Å²) in [6, 6.07) is 1.81. The molecule has 0 radical (unpaired) electrons. The van der Waals surface area contributed by atoms with E-state index in [1.54, 1.807) is 13.3 Å². The van der Waals surface area contributed by atoms with Crippen molar-refractivity contribution >= 4 is 5.97 Å². The highest BCUT2D eigenvalue weighted by atomic mass is 16.5. The van der Waals surface area contributed by atoms with Crippen LogP contribution >= 0.6 is 0 Å². The number of esters is 1. The Morgan fingerprint density at radius 3 is 2.94 bits per heavy atom. The second-order valence-electron chi connectivity index (χ2n) is 4.07. The van der Waals surface area contributed by atoms with E-state index in [9.17, 15) is 9.90 Å². The summed E-state index contributed by atoms with van der Waals surface area (Å²) in [6.45, 7) is 0. The summed E-state index contributed by atoms with van der Waals surface area (Å²) in [5.41, 5.74) is 2.37. The van der Waals surface area contributed by atoms with E-state index in [1.807, 2.05) is 6.07 Å². The molecule has 0 bridgehead atoms. The summed E-state index contributed by atoms with van der Waals surface area (Å²) in [5.74, 6) is 0.0790. The fraction of sp³-hybridized carbons (Fsp3) is 0.385. The van der Waals surface area contributed by atoms with Gasteiger partial charge in [-0.05, 0) is 24.0 Å². The van der Waals surface area contributed by atoms with Gasteiger partial charge in [0, 0.05) is 23.9 Å². The normalized spacial score (nSPS) is 20.4. The van der Waals surface area contributed by atoms with Gasteiger partial charge in [-0.1, -0.05) is 0 Å². The number of carbonyl (C=O) groups excluding carboxylic acids is 1. The Morgan fingerprint density at radius 1 is 1.50 bits per heavy atom. The van der Waals surface area contributed by atoms with Crippen LogP contribution in [-0.4, -0.2) is 30.3 Å². The van der Waals surface area contributed by atoms with Crippen molar-refractivity contribution in [3.05, 3.63) is 35.0 Å². The van der Waals surface area contributed by atoms with Crippen LogP contribution in [-0.2, 0) is 16.0 Å². The fourth-order valence-electron chi connectivity index (χ4n) is 2.04. The van der Waals surface area contributed by atoms with Gasteiger partial charge in [-0.25, -0.2) is 9.78 Å². The van der Waals surface area contributed by atoms with Crippen molar-refractivity contribution in [1.82, 2.24) is 4.98 Å². The van der Waals surface area contributed by atoms with Crippen molar-refractivity contribution in [3.63, 3.8) is 0 Å². The minimum atomic E-state index is -0.800. The van der Waals surface area contributed by atoms with Gasteiger partial charge in [-0.3, -0.25) is 0 Å². The highest BCUT2D eigenvalue weighted by molar-refractivity contribution is 5.83. The Morgan fingerprint density at radius 2 is 2.28 bits per heavy atom. The minimum absolute atomic E-state index is 0.450. The molecule has 0 saturated carbocycles. The van der Waals surface area contributed by atoms with Crippen molar-refractivity contribution in [1.29, 1.82) is 0 Å². The number of carbonyl (C=O) groups is 1. The van der Waals surface area contributed by atoms with Crippen LogP contribution in [0.4, 0.5) is 0 Å². The molecule has 1 unspecified atom stereocenters. The Labute approximate surface area is 105 Å². The zero-order valence-corrected chi connectivity index (χ0v) is 10.3. The largest absolute Gasteiger partial charge is 0.481 e. The SMILES string of the molecule is COC(=O)C=C1CCc2cc(OC)ncc2C1O. The Bertz CT molecular complexity index is 496. The first kappa shape index (κ1) is 12.6. The molecule has 1 N–H and O–H groups in total. The number of ether oxygens (including phenoxy) is 2. The van der Waals surface area contributed by atoms with Crippen LogP contribution in [0.25, 0.3) is 0 Å². The lowest BCUT2D eigenvalue weighted by molar-refractivity contribution is -0.135. The lowest BCUT2D eigenvalue weighted by Crippen LogP contribution is -2.14. The average molecular weight is 249 g/mol. The van der Waals surface area contributed by atoms with Gasteiger partial charge in [-0.2, -0.15) is 0 Å². The fourth-order valence-corrected chi connectivity index (χ4v) is 2.04. The summed E-state index contributed by atoms with van der Waals surface area (Å²) in [4.78, 5) is 15.3. The summed E-state index contributed by atoms with van der Waals surface area (Å²) in [5, 5.41) is 10.2. The molecule has 1 aromatic rings. The van der Waals surface area contributed by atoms with Crippen LogP contribution in [0.15, 0.2) is 23.9 Å². The molecular weight excluding hydrogens is 234 g/mol. The number of aromatic nitrogens is 1. The molecule has 96 valence electrons. The summed E-state index contributed by atoms with van der Waals surface area (Å²) >= 11 is 0. The van der Waals surface area contributed by atoms with Crippen molar-refractivity contribution in [2.24, 2.45) is 0 Å². The molecule has 0 fully saturated rings. The van der Waals surface area contributed by atoms with Gasteiger partial charge in [0.15, 0.2) is 0 Å². The molecule has 0 spiro atoms. The second kappa shape index (κ2) is 5.18. The van der Waals surface area contributed by atoms with Crippen LogP contribution in [0.1, 0.15) is 23.7 Å². The van der Waals surface area contributed by atoms with E-state index in [4.69, 9.17) is 4.74 Å². The number of aryl methyl sites for hydroxylation is 1. The number of hydrogen-bond acceptors (Lipinski definition) is 5. The third-order valence-electron chi connectivity index (χ3n) is 3.04. The molecule has 5 heteroatoms. The maximum atomic E-state index is 11.2. The van der Waals surface area contributed by atoms with Crippen LogP contribution in [0.2, 0.25) is 0 Å². The molecule has 1 atom stereocenters. The van der Waals surface area contributed by atoms with Crippen molar-refractivity contribution in [2.75, 3.05) is 14.2 Å². The Kier molecular flexibility index (Phi) is 3.62. The molecule has 0 aromatic carbocycles. The smallest absolute Gasteiger partial charge is 0.330 e. The number of hydrogen-bond donors (Lipinski definition) is 1. The zero-order valence-electron chi connectivity index (χ0n) is 10.3.